The molecule has 3 rings (SSSR count). The second-order valence-corrected chi connectivity index (χ2v) is 4.49. The zero-order valence-corrected chi connectivity index (χ0v) is 10.6. The molecule has 0 atom stereocenters. The van der Waals surface area contributed by atoms with Crippen LogP contribution in [0.1, 0.15) is 11.3 Å². The van der Waals surface area contributed by atoms with Crippen LogP contribution in [-0.2, 0) is 11.2 Å². The van der Waals surface area contributed by atoms with E-state index in [1.54, 1.807) is 17.9 Å². The molecule has 0 saturated heterocycles. The van der Waals surface area contributed by atoms with Gasteiger partial charge in [0, 0.05) is 18.3 Å². The highest BCUT2D eigenvalue weighted by atomic mass is 16.5. The van der Waals surface area contributed by atoms with Gasteiger partial charge in [0.1, 0.15) is 5.76 Å². The van der Waals surface area contributed by atoms with Crippen LogP contribution in [0.25, 0.3) is 0 Å². The molecule has 0 aliphatic carbocycles. The number of benzene rings is 1. The van der Waals surface area contributed by atoms with Crippen molar-refractivity contribution < 1.29 is 14.1 Å². The Bertz CT molecular complexity index is 606. The molecule has 0 bridgehead atoms. The van der Waals surface area contributed by atoms with E-state index in [1.165, 1.54) is 5.56 Å². The number of para-hydroxylation sites is 1. The van der Waals surface area contributed by atoms with Crippen molar-refractivity contribution >= 4 is 11.6 Å². The first-order valence-electron chi connectivity index (χ1n) is 6.18. The maximum Gasteiger partial charge on any atom is 0.264 e. The van der Waals surface area contributed by atoms with Gasteiger partial charge in [0.25, 0.3) is 11.8 Å². The highest BCUT2D eigenvalue weighted by molar-refractivity contribution is 5.96. The Kier molecular flexibility index (Phi) is 2.95. The lowest BCUT2D eigenvalue weighted by molar-refractivity contribution is -0.120. The molecule has 0 N–H and O–H groups in total. The number of aryl methyl sites for hydroxylation is 1. The maximum absolute atomic E-state index is 12.1. The summed E-state index contributed by atoms with van der Waals surface area (Å²) in [6.45, 7) is 2.46. The van der Waals surface area contributed by atoms with Crippen molar-refractivity contribution in [1.29, 1.82) is 0 Å². The number of anilines is 1. The number of aromatic nitrogens is 1. The molecule has 1 amide bonds. The van der Waals surface area contributed by atoms with E-state index in [2.05, 4.69) is 5.16 Å². The fourth-order valence-corrected chi connectivity index (χ4v) is 2.22. The minimum Gasteiger partial charge on any atom is -0.465 e. The van der Waals surface area contributed by atoms with E-state index in [1.807, 2.05) is 24.3 Å². The van der Waals surface area contributed by atoms with Gasteiger partial charge in [-0.05, 0) is 30.1 Å². The van der Waals surface area contributed by atoms with E-state index in [0.29, 0.717) is 18.2 Å². The number of amides is 1. The van der Waals surface area contributed by atoms with Crippen LogP contribution in [0.4, 0.5) is 5.69 Å². The van der Waals surface area contributed by atoms with Crippen molar-refractivity contribution in [2.24, 2.45) is 0 Å². The molecular formula is C14H14N2O3. The summed E-state index contributed by atoms with van der Waals surface area (Å²) in [5, 5.41) is 3.69. The molecular weight excluding hydrogens is 244 g/mol. The Morgan fingerprint density at radius 3 is 3.11 bits per heavy atom. The Morgan fingerprint density at radius 1 is 1.47 bits per heavy atom. The minimum atomic E-state index is -0.0643. The van der Waals surface area contributed by atoms with Gasteiger partial charge < -0.3 is 14.2 Å². The predicted molar refractivity (Wildman–Crippen MR) is 69.2 cm³/mol. The Morgan fingerprint density at radius 2 is 2.32 bits per heavy atom. The van der Waals surface area contributed by atoms with Crippen LogP contribution < -0.4 is 9.64 Å². The molecule has 19 heavy (non-hydrogen) atoms. The van der Waals surface area contributed by atoms with E-state index >= 15 is 0 Å². The number of hydrogen-bond acceptors (Lipinski definition) is 4. The fourth-order valence-electron chi connectivity index (χ4n) is 2.22. The van der Waals surface area contributed by atoms with Crippen LogP contribution in [0, 0.1) is 6.92 Å². The van der Waals surface area contributed by atoms with Gasteiger partial charge in [-0.25, -0.2) is 0 Å². The zero-order chi connectivity index (χ0) is 13.2. The van der Waals surface area contributed by atoms with Gasteiger partial charge in [0.15, 0.2) is 6.61 Å². The number of ether oxygens (including phenoxy) is 1. The largest absolute Gasteiger partial charge is 0.465 e. The standard InChI is InChI=1S/C14H14N2O3/c1-10-8-13(15-19-10)18-9-14(17)16-7-6-11-4-2-3-5-12(11)16/h2-5,8H,6-7,9H2,1H3. The molecule has 2 heterocycles. The number of nitrogens with zero attached hydrogens (tertiary/aromatic N) is 2. The Labute approximate surface area is 110 Å². The Balaban J connectivity index is 1.66. The number of fused-ring (bicyclic) bond motifs is 1. The van der Waals surface area contributed by atoms with Crippen LogP contribution in [-0.4, -0.2) is 24.2 Å². The van der Waals surface area contributed by atoms with Crippen LogP contribution in [0.2, 0.25) is 0 Å². The van der Waals surface area contributed by atoms with Crippen molar-refractivity contribution in [3.63, 3.8) is 0 Å². The summed E-state index contributed by atoms with van der Waals surface area (Å²) < 4.78 is 10.2. The van der Waals surface area contributed by atoms with E-state index in [9.17, 15) is 4.79 Å². The smallest absolute Gasteiger partial charge is 0.264 e. The quantitative estimate of drug-likeness (QED) is 0.844. The van der Waals surface area contributed by atoms with Gasteiger partial charge in [0.2, 0.25) is 0 Å². The summed E-state index contributed by atoms with van der Waals surface area (Å²) in [6.07, 6.45) is 0.894. The van der Waals surface area contributed by atoms with Crippen molar-refractivity contribution in [3.05, 3.63) is 41.7 Å². The summed E-state index contributed by atoms with van der Waals surface area (Å²) >= 11 is 0. The lowest BCUT2D eigenvalue weighted by atomic mass is 10.2. The third-order valence-electron chi connectivity index (χ3n) is 3.14. The summed E-state index contributed by atoms with van der Waals surface area (Å²) in [6, 6.07) is 9.59. The first-order valence-corrected chi connectivity index (χ1v) is 6.18. The molecule has 5 nitrogen and oxygen atoms in total. The van der Waals surface area contributed by atoms with Crippen LogP contribution in [0.3, 0.4) is 0 Å². The van der Waals surface area contributed by atoms with Gasteiger partial charge >= 0.3 is 0 Å². The zero-order valence-electron chi connectivity index (χ0n) is 10.6. The monoisotopic (exact) mass is 258 g/mol. The summed E-state index contributed by atoms with van der Waals surface area (Å²) in [5.41, 5.74) is 2.18. The molecule has 1 aliphatic heterocycles. The average molecular weight is 258 g/mol. The van der Waals surface area contributed by atoms with Gasteiger partial charge in [-0.2, -0.15) is 0 Å². The highest BCUT2D eigenvalue weighted by Gasteiger charge is 2.24. The number of rotatable bonds is 3. The van der Waals surface area contributed by atoms with Crippen molar-refractivity contribution in [1.82, 2.24) is 5.16 Å². The molecule has 2 aromatic rings. The third kappa shape index (κ3) is 2.31. The van der Waals surface area contributed by atoms with Crippen molar-refractivity contribution in [3.8, 4) is 5.88 Å². The molecule has 98 valence electrons. The summed E-state index contributed by atoms with van der Waals surface area (Å²) in [7, 11) is 0. The summed E-state index contributed by atoms with van der Waals surface area (Å²) in [5.74, 6) is 0.943. The van der Waals surface area contributed by atoms with E-state index in [0.717, 1.165) is 12.1 Å². The van der Waals surface area contributed by atoms with E-state index in [4.69, 9.17) is 9.26 Å². The number of hydrogen-bond donors (Lipinski definition) is 0. The minimum absolute atomic E-state index is 0.0275. The number of carbonyl (C=O) groups is 1. The van der Waals surface area contributed by atoms with E-state index < -0.39 is 0 Å². The first-order chi connectivity index (χ1) is 9.24. The van der Waals surface area contributed by atoms with Gasteiger partial charge in [-0.15, -0.1) is 0 Å². The van der Waals surface area contributed by atoms with Crippen LogP contribution in [0.15, 0.2) is 34.9 Å². The predicted octanol–water partition coefficient (Wildman–Crippen LogP) is 1.95. The average Bonchev–Trinajstić information content (AvgIpc) is 3.02. The highest BCUT2D eigenvalue weighted by Crippen LogP contribution is 2.27. The molecule has 1 aliphatic rings. The van der Waals surface area contributed by atoms with E-state index in [-0.39, 0.29) is 12.5 Å². The molecule has 0 unspecified atom stereocenters. The number of carbonyl (C=O) groups excluding carboxylic acids is 1. The topological polar surface area (TPSA) is 55.6 Å². The van der Waals surface area contributed by atoms with Gasteiger partial charge in [-0.3, -0.25) is 4.79 Å². The summed E-state index contributed by atoms with van der Waals surface area (Å²) in [4.78, 5) is 13.9. The molecule has 0 radical (unpaired) electrons. The molecule has 0 spiro atoms. The molecule has 5 heteroatoms. The second kappa shape index (κ2) is 4.76. The normalized spacial score (nSPS) is 13.4. The van der Waals surface area contributed by atoms with Gasteiger partial charge in [0.05, 0.1) is 0 Å². The van der Waals surface area contributed by atoms with Crippen LogP contribution >= 0.6 is 0 Å². The van der Waals surface area contributed by atoms with Crippen molar-refractivity contribution in [2.45, 2.75) is 13.3 Å². The maximum atomic E-state index is 12.1. The molecule has 0 fully saturated rings. The Hall–Kier alpha value is -2.30. The second-order valence-electron chi connectivity index (χ2n) is 4.49. The van der Waals surface area contributed by atoms with Gasteiger partial charge in [-0.1, -0.05) is 18.2 Å². The molecule has 1 aromatic heterocycles. The molecule has 1 aromatic carbocycles. The fraction of sp³-hybridized carbons (Fsp3) is 0.286. The lowest BCUT2D eigenvalue weighted by Crippen LogP contribution is -2.33. The first kappa shape index (κ1) is 11.8. The lowest BCUT2D eigenvalue weighted by Gasteiger charge is -2.16. The molecule has 0 saturated carbocycles. The van der Waals surface area contributed by atoms with Crippen LogP contribution in [0.5, 0.6) is 5.88 Å². The third-order valence-corrected chi connectivity index (χ3v) is 3.14. The van der Waals surface area contributed by atoms with Crippen molar-refractivity contribution in [2.75, 3.05) is 18.1 Å². The SMILES string of the molecule is Cc1cc(OCC(=O)N2CCc3ccccc32)no1.